The van der Waals surface area contributed by atoms with Crippen LogP contribution >= 0.6 is 0 Å². The van der Waals surface area contributed by atoms with E-state index in [4.69, 9.17) is 5.73 Å². The molecule has 0 saturated carbocycles. The van der Waals surface area contributed by atoms with Crippen LogP contribution in [0.15, 0.2) is 34.7 Å². The smallest absolute Gasteiger partial charge is 0.243 e. The minimum atomic E-state index is -3.30. The number of sulfone groups is 1. The number of rotatable bonds is 10. The van der Waals surface area contributed by atoms with Gasteiger partial charge in [-0.2, -0.15) is 0 Å². The van der Waals surface area contributed by atoms with Crippen molar-refractivity contribution >= 4 is 33.6 Å². The van der Waals surface area contributed by atoms with Crippen molar-refractivity contribution in [3.05, 3.63) is 46.8 Å². The normalized spacial score (nSPS) is 21.0. The molecule has 2 saturated heterocycles. The van der Waals surface area contributed by atoms with E-state index in [9.17, 15) is 22.8 Å². The first-order valence-corrected chi connectivity index (χ1v) is 16.9. The summed E-state index contributed by atoms with van der Waals surface area (Å²) >= 11 is 0. The predicted molar refractivity (Wildman–Crippen MR) is 160 cm³/mol. The molecular formula is C30H41N7O5S. The van der Waals surface area contributed by atoms with Crippen molar-refractivity contribution in [2.45, 2.75) is 68.3 Å². The van der Waals surface area contributed by atoms with E-state index in [1.807, 2.05) is 18.0 Å². The van der Waals surface area contributed by atoms with Gasteiger partial charge in [0.2, 0.25) is 17.7 Å². The zero-order valence-electron chi connectivity index (χ0n) is 24.9. The molecule has 0 bridgehead atoms. The monoisotopic (exact) mass is 611 g/mol. The second-order valence-electron chi connectivity index (χ2n) is 12.0. The zero-order valence-corrected chi connectivity index (χ0v) is 25.7. The summed E-state index contributed by atoms with van der Waals surface area (Å²) in [7, 11) is -1.44. The summed E-state index contributed by atoms with van der Waals surface area (Å²) in [6.07, 6.45) is 8.16. The first-order chi connectivity index (χ1) is 20.5. The van der Waals surface area contributed by atoms with Gasteiger partial charge in [0, 0.05) is 45.9 Å². The number of amides is 3. The molecule has 0 radical (unpaired) electrons. The number of aromatic nitrogens is 3. The fraction of sp³-hybridized carbons (Fsp3) is 0.567. The minimum Gasteiger partial charge on any atom is -0.351 e. The molecule has 1 aromatic carbocycles. The van der Waals surface area contributed by atoms with E-state index in [0.29, 0.717) is 25.9 Å². The summed E-state index contributed by atoms with van der Waals surface area (Å²) < 4.78 is 25.5. The number of aryl methyl sites for hydroxylation is 1. The molecule has 1 aromatic heterocycles. The Bertz CT molecular complexity index is 1500. The van der Waals surface area contributed by atoms with Gasteiger partial charge in [0.15, 0.2) is 9.84 Å². The maximum absolute atomic E-state index is 13.6. The predicted octanol–water partition coefficient (Wildman–Crippen LogP) is 0.854. The van der Waals surface area contributed by atoms with Crippen LogP contribution in [0.5, 0.6) is 0 Å². The van der Waals surface area contributed by atoms with Gasteiger partial charge in [-0.15, -0.1) is 5.10 Å². The maximum Gasteiger partial charge on any atom is 0.243 e. The Balaban J connectivity index is 1.25. The van der Waals surface area contributed by atoms with Crippen molar-refractivity contribution in [2.75, 3.05) is 32.4 Å². The summed E-state index contributed by atoms with van der Waals surface area (Å²) in [4.78, 5) is 43.3. The molecule has 13 heteroatoms. The van der Waals surface area contributed by atoms with E-state index in [2.05, 4.69) is 15.6 Å². The summed E-state index contributed by atoms with van der Waals surface area (Å²) in [5, 5.41) is 11.3. The average Bonchev–Trinajstić information content (AvgIpc) is 3.75. The van der Waals surface area contributed by atoms with E-state index in [1.54, 1.807) is 33.8 Å². The Labute approximate surface area is 252 Å². The number of nitrogens with zero attached hydrogens (tertiary/aromatic N) is 5. The van der Waals surface area contributed by atoms with E-state index in [-0.39, 0.29) is 41.4 Å². The summed E-state index contributed by atoms with van der Waals surface area (Å²) in [5.41, 5.74) is 10.2. The van der Waals surface area contributed by atoms with Crippen LogP contribution in [0.25, 0.3) is 6.08 Å². The van der Waals surface area contributed by atoms with Gasteiger partial charge in [-0.05, 0) is 80.2 Å². The first-order valence-electron chi connectivity index (χ1n) is 15.0. The summed E-state index contributed by atoms with van der Waals surface area (Å²) in [6, 6.07) is 5.15. The van der Waals surface area contributed by atoms with Gasteiger partial charge in [0.25, 0.3) is 0 Å². The highest BCUT2D eigenvalue weighted by Crippen LogP contribution is 2.29. The second kappa shape index (κ2) is 13.0. The number of hydrogen-bond donors (Lipinski definition) is 2. The molecule has 3 atom stereocenters. The van der Waals surface area contributed by atoms with Gasteiger partial charge in [-0.1, -0.05) is 17.3 Å². The van der Waals surface area contributed by atoms with Gasteiger partial charge in [-0.3, -0.25) is 19.1 Å². The van der Waals surface area contributed by atoms with Crippen molar-refractivity contribution in [3.63, 3.8) is 0 Å². The zero-order chi connectivity index (χ0) is 30.7. The fourth-order valence-electron chi connectivity index (χ4n) is 6.31. The Kier molecular flexibility index (Phi) is 9.30. The third-order valence-electron chi connectivity index (χ3n) is 8.78. The molecule has 1 aliphatic carbocycles. The topological polar surface area (TPSA) is 161 Å². The molecule has 0 spiro atoms. The van der Waals surface area contributed by atoms with Crippen molar-refractivity contribution in [2.24, 2.45) is 18.7 Å². The van der Waals surface area contributed by atoms with Crippen LogP contribution in [0.2, 0.25) is 0 Å². The molecule has 3 unspecified atom stereocenters. The van der Waals surface area contributed by atoms with Gasteiger partial charge in [0.1, 0.15) is 11.7 Å². The fourth-order valence-corrected chi connectivity index (χ4v) is 6.94. The summed E-state index contributed by atoms with van der Waals surface area (Å²) in [6.45, 7) is 2.20. The molecule has 3 heterocycles. The number of likely N-dealkylation sites (tertiary alicyclic amines) is 2. The number of carbonyl (C=O) groups is 3. The van der Waals surface area contributed by atoms with Gasteiger partial charge >= 0.3 is 0 Å². The quantitative estimate of drug-likeness (QED) is 0.400. The van der Waals surface area contributed by atoms with E-state index in [0.717, 1.165) is 61.3 Å². The van der Waals surface area contributed by atoms with Crippen LogP contribution in [-0.2, 0) is 44.1 Å². The SMILES string of the molecule is Cn1nnc2c1CCC(CNC(=O)C1CC(Cc3ccc(S(C)(=O)=O)cc3)CN1C(=O)C(N)CCC(=O)N1CCCC1)=C2. The number of hydrogen-bond acceptors (Lipinski definition) is 8. The average molecular weight is 612 g/mol. The van der Waals surface area contributed by atoms with Crippen LogP contribution in [0.4, 0.5) is 0 Å². The van der Waals surface area contributed by atoms with Crippen LogP contribution in [0.1, 0.15) is 55.5 Å². The lowest BCUT2D eigenvalue weighted by Crippen LogP contribution is -2.51. The lowest BCUT2D eigenvalue weighted by atomic mass is 9.96. The van der Waals surface area contributed by atoms with Gasteiger partial charge < -0.3 is 20.9 Å². The standard InChI is InChI=1S/C30H41N7O5S/c1-35-26-11-7-21(16-25(26)33-34-35)18-32-29(39)27-17-22(15-20-5-8-23(9-6-20)43(2,41)42)19-37(27)30(40)24(31)10-12-28(38)36-13-3-4-14-36/h5-6,8-9,16,22,24,27H,3-4,7,10-15,17-19,31H2,1-2H3,(H,32,39). The highest BCUT2D eigenvalue weighted by atomic mass is 32.2. The third-order valence-corrected chi connectivity index (χ3v) is 9.91. The molecule has 43 heavy (non-hydrogen) atoms. The van der Waals surface area contributed by atoms with Gasteiger partial charge in [0.05, 0.1) is 16.6 Å². The highest BCUT2D eigenvalue weighted by Gasteiger charge is 2.41. The molecule has 232 valence electrons. The lowest BCUT2D eigenvalue weighted by Gasteiger charge is -2.27. The highest BCUT2D eigenvalue weighted by molar-refractivity contribution is 7.90. The van der Waals surface area contributed by atoms with Crippen molar-refractivity contribution < 1.29 is 22.8 Å². The Morgan fingerprint density at radius 2 is 1.84 bits per heavy atom. The minimum absolute atomic E-state index is 0.0129. The molecule has 3 amide bonds. The third kappa shape index (κ3) is 7.32. The van der Waals surface area contributed by atoms with Crippen molar-refractivity contribution in [1.82, 2.24) is 30.1 Å². The lowest BCUT2D eigenvalue weighted by molar-refractivity contribution is -0.139. The van der Waals surface area contributed by atoms with Gasteiger partial charge in [-0.25, -0.2) is 8.42 Å². The van der Waals surface area contributed by atoms with Crippen molar-refractivity contribution in [1.29, 1.82) is 0 Å². The molecule has 12 nitrogen and oxygen atoms in total. The largest absolute Gasteiger partial charge is 0.351 e. The Morgan fingerprint density at radius 1 is 1.12 bits per heavy atom. The summed E-state index contributed by atoms with van der Waals surface area (Å²) in [5.74, 6) is -0.572. The number of nitrogens with one attached hydrogen (secondary N) is 1. The van der Waals surface area contributed by atoms with E-state index in [1.165, 1.54) is 6.26 Å². The molecule has 2 aromatic rings. The Hall–Kier alpha value is -3.58. The molecular weight excluding hydrogens is 570 g/mol. The molecule has 3 aliphatic rings. The molecule has 2 aliphatic heterocycles. The van der Waals surface area contributed by atoms with Crippen LogP contribution < -0.4 is 11.1 Å². The Morgan fingerprint density at radius 3 is 2.53 bits per heavy atom. The molecule has 3 N–H and O–H groups in total. The number of carbonyl (C=O) groups excluding carboxylic acids is 3. The van der Waals surface area contributed by atoms with E-state index < -0.39 is 21.9 Å². The second-order valence-corrected chi connectivity index (χ2v) is 14.0. The van der Waals surface area contributed by atoms with Crippen LogP contribution in [-0.4, -0.2) is 95.5 Å². The number of benzene rings is 1. The van der Waals surface area contributed by atoms with E-state index >= 15 is 0 Å². The molecule has 5 rings (SSSR count). The first kappa shape index (κ1) is 30.9. The molecule has 2 fully saturated rings. The number of fused-ring (bicyclic) bond motifs is 1. The van der Waals surface area contributed by atoms with Crippen LogP contribution in [0, 0.1) is 5.92 Å². The maximum atomic E-state index is 13.6. The van der Waals surface area contributed by atoms with Crippen LogP contribution in [0.3, 0.4) is 0 Å². The van der Waals surface area contributed by atoms with Crippen molar-refractivity contribution in [3.8, 4) is 0 Å². The number of nitrogens with two attached hydrogens (primary N) is 1.